The van der Waals surface area contributed by atoms with Crippen molar-refractivity contribution in [1.82, 2.24) is 9.97 Å². The van der Waals surface area contributed by atoms with Gasteiger partial charge in [-0.15, -0.1) is 0 Å². The average Bonchev–Trinajstić information content (AvgIpc) is 2.61. The van der Waals surface area contributed by atoms with Crippen LogP contribution in [0.25, 0.3) is 10.9 Å². The molecule has 1 aromatic heterocycles. The minimum atomic E-state index is -0.969. The molecule has 0 radical (unpaired) electrons. The van der Waals surface area contributed by atoms with Crippen molar-refractivity contribution in [3.8, 4) is 5.75 Å². The second kappa shape index (κ2) is 7.08. The molecule has 7 heteroatoms. The maximum Gasteiger partial charge on any atom is 0.142 e. The Morgan fingerprint density at radius 3 is 2.60 bits per heavy atom. The van der Waals surface area contributed by atoms with Crippen LogP contribution < -0.4 is 16.2 Å². The van der Waals surface area contributed by atoms with Gasteiger partial charge in [0.05, 0.1) is 35.8 Å². The summed E-state index contributed by atoms with van der Waals surface area (Å²) >= 11 is 0. The second-order valence-electron chi connectivity index (χ2n) is 5.46. The molecule has 0 aliphatic heterocycles. The van der Waals surface area contributed by atoms with E-state index < -0.39 is 17.7 Å². The van der Waals surface area contributed by atoms with Crippen molar-refractivity contribution in [2.24, 2.45) is 11.5 Å². The fourth-order valence-corrected chi connectivity index (χ4v) is 2.70. The molecule has 3 aromatic rings. The highest BCUT2D eigenvalue weighted by atomic mass is 19.1. The first-order chi connectivity index (χ1) is 12.0. The van der Waals surface area contributed by atoms with Crippen LogP contribution in [0.5, 0.6) is 5.75 Å². The average molecular weight is 344 g/mol. The van der Waals surface area contributed by atoms with Crippen LogP contribution in [0.2, 0.25) is 0 Å². The quantitative estimate of drug-likeness (QED) is 0.743. The van der Waals surface area contributed by atoms with Gasteiger partial charge in [0, 0.05) is 11.6 Å². The van der Waals surface area contributed by atoms with Gasteiger partial charge in [0.1, 0.15) is 23.2 Å². The lowest BCUT2D eigenvalue weighted by molar-refractivity contribution is 0.338. The number of ether oxygens (including phenoxy) is 1. The molecule has 0 saturated heterocycles. The molecule has 0 amide bonds. The summed E-state index contributed by atoms with van der Waals surface area (Å²) < 4.78 is 34.1. The van der Waals surface area contributed by atoms with Gasteiger partial charge in [0.25, 0.3) is 0 Å². The van der Waals surface area contributed by atoms with Crippen molar-refractivity contribution in [2.45, 2.75) is 19.5 Å². The lowest BCUT2D eigenvalue weighted by atomic mass is 9.99. The molecular formula is C18H18F2N4O. The van der Waals surface area contributed by atoms with E-state index in [4.69, 9.17) is 16.2 Å². The van der Waals surface area contributed by atoms with E-state index in [-0.39, 0.29) is 23.2 Å². The number of benzene rings is 2. The van der Waals surface area contributed by atoms with E-state index in [9.17, 15) is 8.78 Å². The molecule has 4 N–H and O–H groups in total. The Hall–Kier alpha value is -2.64. The van der Waals surface area contributed by atoms with Crippen LogP contribution in [0.1, 0.15) is 30.0 Å². The summed E-state index contributed by atoms with van der Waals surface area (Å²) in [6.07, 6.45) is 0. The van der Waals surface area contributed by atoms with Crippen molar-refractivity contribution in [3.63, 3.8) is 0 Å². The predicted molar refractivity (Wildman–Crippen MR) is 91.0 cm³/mol. The molecule has 5 nitrogen and oxygen atoms in total. The van der Waals surface area contributed by atoms with E-state index in [1.54, 1.807) is 12.1 Å². The number of fused-ring (bicyclic) bond motifs is 1. The number of nitrogens with two attached hydrogens (primary N) is 2. The second-order valence-corrected chi connectivity index (χ2v) is 5.46. The normalized spacial score (nSPS) is 12.4. The molecule has 0 fully saturated rings. The highest BCUT2D eigenvalue weighted by Gasteiger charge is 2.21. The summed E-state index contributed by atoms with van der Waals surface area (Å²) in [5.41, 5.74) is 12.6. The Kier molecular flexibility index (Phi) is 4.87. The van der Waals surface area contributed by atoms with Crippen molar-refractivity contribution in [2.75, 3.05) is 6.61 Å². The Balaban J connectivity index is 2.15. The molecule has 0 spiro atoms. The molecule has 1 unspecified atom stereocenters. The summed E-state index contributed by atoms with van der Waals surface area (Å²) in [4.78, 5) is 8.46. The fraction of sp³-hybridized carbons (Fsp3) is 0.222. The summed E-state index contributed by atoms with van der Waals surface area (Å²) in [7, 11) is 0. The highest BCUT2D eigenvalue weighted by molar-refractivity contribution is 5.82. The van der Waals surface area contributed by atoms with Crippen LogP contribution in [0.4, 0.5) is 8.78 Å². The number of hydrogen-bond donors (Lipinski definition) is 2. The number of nitrogens with zero attached hydrogens (tertiary/aromatic N) is 2. The van der Waals surface area contributed by atoms with Crippen molar-refractivity contribution in [1.29, 1.82) is 0 Å². The van der Waals surface area contributed by atoms with Crippen molar-refractivity contribution in [3.05, 3.63) is 65.1 Å². The number of hydrogen-bond acceptors (Lipinski definition) is 5. The lowest BCUT2D eigenvalue weighted by Crippen LogP contribution is -2.18. The predicted octanol–water partition coefficient (Wildman–Crippen LogP) is 2.81. The summed E-state index contributed by atoms with van der Waals surface area (Å²) in [5, 5.41) is 0.167. The molecule has 25 heavy (non-hydrogen) atoms. The van der Waals surface area contributed by atoms with E-state index in [0.29, 0.717) is 23.7 Å². The van der Waals surface area contributed by atoms with E-state index >= 15 is 0 Å². The van der Waals surface area contributed by atoms with E-state index in [1.165, 1.54) is 24.3 Å². The van der Waals surface area contributed by atoms with E-state index in [2.05, 4.69) is 9.97 Å². The minimum absolute atomic E-state index is 0.0674. The third-order valence-electron chi connectivity index (χ3n) is 3.84. The Bertz CT molecular complexity index is 917. The van der Waals surface area contributed by atoms with Gasteiger partial charge < -0.3 is 16.2 Å². The van der Waals surface area contributed by atoms with Gasteiger partial charge in [-0.3, -0.25) is 0 Å². The first-order valence-corrected chi connectivity index (χ1v) is 7.88. The number of rotatable bonds is 5. The fourth-order valence-electron chi connectivity index (χ4n) is 2.70. The van der Waals surface area contributed by atoms with Crippen LogP contribution >= 0.6 is 0 Å². The topological polar surface area (TPSA) is 87.0 Å². The van der Waals surface area contributed by atoms with Gasteiger partial charge in [0.2, 0.25) is 0 Å². The van der Waals surface area contributed by atoms with Gasteiger partial charge in [-0.25, -0.2) is 18.7 Å². The molecule has 0 saturated carbocycles. The van der Waals surface area contributed by atoms with Gasteiger partial charge in [-0.05, 0) is 25.1 Å². The van der Waals surface area contributed by atoms with E-state index in [1.807, 2.05) is 6.92 Å². The molecule has 130 valence electrons. The zero-order valence-electron chi connectivity index (χ0n) is 13.7. The van der Waals surface area contributed by atoms with Crippen LogP contribution in [0, 0.1) is 11.6 Å². The number of aromatic nitrogens is 2. The van der Waals surface area contributed by atoms with Crippen molar-refractivity contribution >= 4 is 10.9 Å². The lowest BCUT2D eigenvalue weighted by Gasteiger charge is -2.17. The van der Waals surface area contributed by atoms with Gasteiger partial charge in [0.15, 0.2) is 0 Å². The summed E-state index contributed by atoms with van der Waals surface area (Å²) in [5.74, 6) is -0.346. The third kappa shape index (κ3) is 3.29. The van der Waals surface area contributed by atoms with Crippen LogP contribution in [0.3, 0.4) is 0 Å². The Morgan fingerprint density at radius 1 is 1.12 bits per heavy atom. The van der Waals surface area contributed by atoms with Gasteiger partial charge in [-0.2, -0.15) is 0 Å². The first-order valence-electron chi connectivity index (χ1n) is 7.88. The molecule has 0 aliphatic carbocycles. The van der Waals surface area contributed by atoms with Crippen LogP contribution in [-0.4, -0.2) is 16.6 Å². The third-order valence-corrected chi connectivity index (χ3v) is 3.84. The van der Waals surface area contributed by atoms with Gasteiger partial charge in [-0.1, -0.05) is 12.1 Å². The van der Waals surface area contributed by atoms with E-state index in [0.717, 1.165) is 0 Å². The molecule has 1 heterocycles. The molecule has 1 atom stereocenters. The zero-order chi connectivity index (χ0) is 18.0. The summed E-state index contributed by atoms with van der Waals surface area (Å²) in [6.45, 7) is 2.30. The highest BCUT2D eigenvalue weighted by Crippen LogP contribution is 2.30. The Labute approximate surface area is 143 Å². The van der Waals surface area contributed by atoms with Crippen molar-refractivity contribution < 1.29 is 13.5 Å². The maximum absolute atomic E-state index is 14.5. The monoisotopic (exact) mass is 344 g/mol. The minimum Gasteiger partial charge on any atom is -0.494 e. The Morgan fingerprint density at radius 2 is 1.92 bits per heavy atom. The van der Waals surface area contributed by atoms with Gasteiger partial charge >= 0.3 is 0 Å². The largest absolute Gasteiger partial charge is 0.494 e. The van der Waals surface area contributed by atoms with Crippen LogP contribution in [-0.2, 0) is 6.54 Å². The maximum atomic E-state index is 14.5. The SMILES string of the molecule is CCOc1ccc(C(N)c2nc(CN)nc3cccc(F)c23)c(F)c1. The van der Waals surface area contributed by atoms with Crippen LogP contribution in [0.15, 0.2) is 36.4 Å². The molecular weight excluding hydrogens is 326 g/mol. The zero-order valence-corrected chi connectivity index (χ0v) is 13.7. The summed E-state index contributed by atoms with van der Waals surface area (Å²) in [6, 6.07) is 7.89. The molecule has 3 rings (SSSR count). The smallest absolute Gasteiger partial charge is 0.142 e. The molecule has 0 bridgehead atoms. The molecule has 2 aromatic carbocycles. The standard InChI is InChI=1S/C18H18F2N4O/c1-2-25-10-6-7-11(13(20)8-10)17(22)18-16-12(19)4-3-5-14(16)23-15(9-21)24-18/h3-8,17H,2,9,21-22H2,1H3. The number of halogens is 2. The first kappa shape index (κ1) is 17.2. The molecule has 0 aliphatic rings.